The molecule has 0 fully saturated rings. The number of carbonyl (C=O) groups excluding carboxylic acids is 1. The largest absolute Gasteiger partial charge is 0.495 e. The Morgan fingerprint density at radius 2 is 1.87 bits per heavy atom. The van der Waals surface area contributed by atoms with E-state index in [4.69, 9.17) is 9.47 Å². The van der Waals surface area contributed by atoms with Crippen molar-refractivity contribution in [2.24, 2.45) is 0 Å². The lowest BCUT2D eigenvalue weighted by Gasteiger charge is -2.11. The van der Waals surface area contributed by atoms with Crippen molar-refractivity contribution >= 4 is 22.5 Å². The predicted octanol–water partition coefficient (Wildman–Crippen LogP) is 2.66. The zero-order valence-corrected chi connectivity index (χ0v) is 12.5. The van der Waals surface area contributed by atoms with E-state index in [9.17, 15) is 4.79 Å². The molecule has 1 aromatic heterocycles. The molecule has 0 spiro atoms. The van der Waals surface area contributed by atoms with Crippen LogP contribution < -0.4 is 14.8 Å². The fourth-order valence-corrected chi connectivity index (χ4v) is 2.16. The number of nitrogens with zero attached hydrogens (tertiary/aromatic N) is 2. The van der Waals surface area contributed by atoms with Crippen LogP contribution in [0.4, 0.5) is 5.69 Å². The van der Waals surface area contributed by atoms with Crippen molar-refractivity contribution < 1.29 is 14.3 Å². The van der Waals surface area contributed by atoms with Crippen LogP contribution in [-0.4, -0.2) is 29.6 Å². The second-order valence-electron chi connectivity index (χ2n) is 4.73. The topological polar surface area (TPSA) is 73.3 Å². The summed E-state index contributed by atoms with van der Waals surface area (Å²) in [4.78, 5) is 20.3. The van der Waals surface area contributed by atoms with Crippen LogP contribution in [-0.2, 0) is 4.79 Å². The maximum Gasteiger partial charge on any atom is 0.262 e. The molecule has 3 rings (SSSR count). The van der Waals surface area contributed by atoms with Crippen LogP contribution in [0.15, 0.2) is 54.9 Å². The van der Waals surface area contributed by atoms with E-state index < -0.39 is 0 Å². The number of benzene rings is 2. The molecule has 3 aromatic rings. The first-order chi connectivity index (χ1) is 11.3. The van der Waals surface area contributed by atoms with E-state index in [1.165, 1.54) is 6.33 Å². The second-order valence-corrected chi connectivity index (χ2v) is 4.73. The minimum atomic E-state index is -0.294. The lowest BCUT2D eigenvalue weighted by molar-refractivity contribution is -0.118. The molecule has 1 heterocycles. The third kappa shape index (κ3) is 3.37. The molecule has 0 saturated carbocycles. The maximum atomic E-state index is 12.1. The standard InChI is InChI=1S/C17H15N3O3/c1-22-15-9-5-4-8-14(15)20-16(21)10-23-17-12-6-2-3-7-13(12)18-11-19-17/h2-9,11H,10H2,1H3,(H,20,21). The SMILES string of the molecule is COc1ccccc1NC(=O)COc1ncnc2ccccc12. The highest BCUT2D eigenvalue weighted by Gasteiger charge is 2.10. The molecule has 0 bridgehead atoms. The Morgan fingerprint density at radius 3 is 2.74 bits per heavy atom. The van der Waals surface area contributed by atoms with Crippen LogP contribution in [0.2, 0.25) is 0 Å². The van der Waals surface area contributed by atoms with Gasteiger partial charge in [-0.2, -0.15) is 0 Å². The molecule has 23 heavy (non-hydrogen) atoms. The van der Waals surface area contributed by atoms with Gasteiger partial charge >= 0.3 is 0 Å². The quantitative estimate of drug-likeness (QED) is 0.784. The van der Waals surface area contributed by atoms with Crippen LogP contribution in [0.25, 0.3) is 10.9 Å². The van der Waals surface area contributed by atoms with Crippen LogP contribution in [0, 0.1) is 0 Å². The van der Waals surface area contributed by atoms with Gasteiger partial charge in [0.2, 0.25) is 5.88 Å². The molecule has 0 atom stereocenters. The van der Waals surface area contributed by atoms with Gasteiger partial charge in [-0.1, -0.05) is 24.3 Å². The molecule has 1 N–H and O–H groups in total. The summed E-state index contributed by atoms with van der Waals surface area (Å²) in [5, 5.41) is 3.51. The van der Waals surface area contributed by atoms with Gasteiger partial charge in [-0.15, -0.1) is 0 Å². The average Bonchev–Trinajstić information content (AvgIpc) is 2.60. The lowest BCUT2D eigenvalue weighted by atomic mass is 10.2. The fraction of sp³-hybridized carbons (Fsp3) is 0.118. The van der Waals surface area contributed by atoms with Gasteiger partial charge in [0.15, 0.2) is 6.61 Å². The number of anilines is 1. The van der Waals surface area contributed by atoms with E-state index in [1.54, 1.807) is 19.2 Å². The number of amides is 1. The van der Waals surface area contributed by atoms with Gasteiger partial charge in [0.1, 0.15) is 12.1 Å². The third-order valence-corrected chi connectivity index (χ3v) is 3.23. The summed E-state index contributed by atoms with van der Waals surface area (Å²) in [6.45, 7) is -0.154. The molecule has 6 heteroatoms. The number of aromatic nitrogens is 2. The number of ether oxygens (including phenoxy) is 2. The summed E-state index contributed by atoms with van der Waals surface area (Å²) in [5.74, 6) is 0.677. The number of carbonyl (C=O) groups is 1. The summed E-state index contributed by atoms with van der Waals surface area (Å²) in [6, 6.07) is 14.6. The number of hydrogen-bond donors (Lipinski definition) is 1. The minimum Gasteiger partial charge on any atom is -0.495 e. The minimum absolute atomic E-state index is 0.154. The van der Waals surface area contributed by atoms with E-state index in [2.05, 4.69) is 15.3 Å². The molecule has 6 nitrogen and oxygen atoms in total. The van der Waals surface area contributed by atoms with Gasteiger partial charge < -0.3 is 14.8 Å². The smallest absolute Gasteiger partial charge is 0.262 e. The van der Waals surface area contributed by atoms with Crippen LogP contribution in [0.1, 0.15) is 0 Å². The number of methoxy groups -OCH3 is 1. The first-order valence-corrected chi connectivity index (χ1v) is 7.03. The second kappa shape index (κ2) is 6.74. The highest BCUT2D eigenvalue weighted by molar-refractivity contribution is 5.93. The summed E-state index contributed by atoms with van der Waals surface area (Å²) >= 11 is 0. The lowest BCUT2D eigenvalue weighted by Crippen LogP contribution is -2.20. The van der Waals surface area contributed by atoms with E-state index in [-0.39, 0.29) is 12.5 Å². The van der Waals surface area contributed by atoms with Gasteiger partial charge in [0.05, 0.1) is 23.7 Å². The zero-order chi connectivity index (χ0) is 16.1. The van der Waals surface area contributed by atoms with Crippen molar-refractivity contribution in [3.8, 4) is 11.6 Å². The van der Waals surface area contributed by atoms with Crippen molar-refractivity contribution in [2.45, 2.75) is 0 Å². The van der Waals surface area contributed by atoms with Crippen LogP contribution in [0.5, 0.6) is 11.6 Å². The average molecular weight is 309 g/mol. The van der Waals surface area contributed by atoms with Gasteiger partial charge in [-0.25, -0.2) is 9.97 Å². The molecule has 2 aromatic carbocycles. The highest BCUT2D eigenvalue weighted by Crippen LogP contribution is 2.23. The predicted molar refractivity (Wildman–Crippen MR) is 86.7 cm³/mol. The molecule has 116 valence electrons. The molecule has 0 unspecified atom stereocenters. The van der Waals surface area contributed by atoms with Crippen LogP contribution >= 0.6 is 0 Å². The molecular formula is C17H15N3O3. The molecular weight excluding hydrogens is 294 g/mol. The van der Waals surface area contributed by atoms with Crippen molar-refractivity contribution in [1.29, 1.82) is 0 Å². The summed E-state index contributed by atoms with van der Waals surface area (Å²) in [6.07, 6.45) is 1.41. The van der Waals surface area contributed by atoms with E-state index in [0.717, 1.165) is 10.9 Å². The summed E-state index contributed by atoms with van der Waals surface area (Å²) in [5.41, 5.74) is 1.36. The number of hydrogen-bond acceptors (Lipinski definition) is 5. The van der Waals surface area contributed by atoms with Crippen molar-refractivity contribution in [1.82, 2.24) is 9.97 Å². The Labute approximate surface area is 133 Å². The number of para-hydroxylation sites is 3. The zero-order valence-electron chi connectivity index (χ0n) is 12.5. The molecule has 0 aliphatic heterocycles. The third-order valence-electron chi connectivity index (χ3n) is 3.23. The summed E-state index contributed by atoms with van der Waals surface area (Å²) in [7, 11) is 1.55. The van der Waals surface area contributed by atoms with E-state index in [1.807, 2.05) is 36.4 Å². The normalized spacial score (nSPS) is 10.3. The Balaban J connectivity index is 1.69. The number of rotatable bonds is 5. The van der Waals surface area contributed by atoms with Crippen molar-refractivity contribution in [3.05, 3.63) is 54.9 Å². The van der Waals surface area contributed by atoms with Crippen molar-refractivity contribution in [3.63, 3.8) is 0 Å². The molecule has 0 aliphatic carbocycles. The maximum absolute atomic E-state index is 12.1. The molecule has 0 radical (unpaired) electrons. The Bertz CT molecular complexity index is 831. The monoisotopic (exact) mass is 309 g/mol. The molecule has 1 amide bonds. The van der Waals surface area contributed by atoms with Crippen molar-refractivity contribution in [2.75, 3.05) is 19.0 Å². The Kier molecular flexibility index (Phi) is 4.33. The summed E-state index contributed by atoms with van der Waals surface area (Å²) < 4.78 is 10.7. The number of fused-ring (bicyclic) bond motifs is 1. The van der Waals surface area contributed by atoms with E-state index in [0.29, 0.717) is 17.3 Å². The van der Waals surface area contributed by atoms with E-state index >= 15 is 0 Å². The van der Waals surface area contributed by atoms with Gasteiger partial charge in [-0.05, 0) is 24.3 Å². The van der Waals surface area contributed by atoms with Gasteiger partial charge in [0.25, 0.3) is 5.91 Å². The fourth-order valence-electron chi connectivity index (χ4n) is 2.16. The first-order valence-electron chi connectivity index (χ1n) is 7.03. The number of nitrogens with one attached hydrogen (secondary N) is 1. The van der Waals surface area contributed by atoms with Gasteiger partial charge in [0, 0.05) is 0 Å². The van der Waals surface area contributed by atoms with Crippen LogP contribution in [0.3, 0.4) is 0 Å². The van der Waals surface area contributed by atoms with Gasteiger partial charge in [-0.3, -0.25) is 4.79 Å². The molecule has 0 saturated heterocycles. The molecule has 0 aliphatic rings. The Morgan fingerprint density at radius 1 is 1.09 bits per heavy atom. The Hall–Kier alpha value is -3.15. The first kappa shape index (κ1) is 14.8. The highest BCUT2D eigenvalue weighted by atomic mass is 16.5.